The Hall–Kier alpha value is -0.460. The second kappa shape index (κ2) is 8.05. The first-order valence-corrected chi connectivity index (χ1v) is 8.70. The summed E-state index contributed by atoms with van der Waals surface area (Å²) in [5.41, 5.74) is 1.75. The van der Waals surface area contributed by atoms with Crippen LogP contribution in [0.1, 0.15) is 43.7 Å². The molecule has 0 bridgehead atoms. The Morgan fingerprint density at radius 2 is 2.04 bits per heavy atom. The van der Waals surface area contributed by atoms with Gasteiger partial charge in [-0.2, -0.15) is 0 Å². The molecule has 0 heterocycles. The number of halogens is 2. The van der Waals surface area contributed by atoms with E-state index in [2.05, 4.69) is 12.1 Å². The molecule has 1 fully saturated rings. The number of hydrogen-bond acceptors (Lipinski definition) is 5. The van der Waals surface area contributed by atoms with E-state index in [9.17, 15) is 15.1 Å². The van der Waals surface area contributed by atoms with Gasteiger partial charge < -0.3 is 19.8 Å². The van der Waals surface area contributed by atoms with Crippen molar-refractivity contribution in [2.75, 3.05) is 6.61 Å². The minimum atomic E-state index is -1.34. The summed E-state index contributed by atoms with van der Waals surface area (Å²) in [6, 6.07) is 1.69. The van der Waals surface area contributed by atoms with Gasteiger partial charge in [0.2, 0.25) is 0 Å². The fraction of sp³-hybridized carbons (Fsp3) is 0.529. The fourth-order valence-electron chi connectivity index (χ4n) is 4.12. The van der Waals surface area contributed by atoms with Gasteiger partial charge in [-0.05, 0) is 36.8 Å². The monoisotopic (exact) mass is 393 g/mol. The standard InChI is InChI=1S/C17H19Cl2NO4.Na/c1-17(10-4-2-3-5-10)7-9-6-11(24-8-12(21)22)14(18)15(19)13(9)16(17)20-23;/h6,10,23H,2-5,7-8H2,1H3,(H,21,22);/q;+1/p-1. The Balaban J connectivity index is 0.00000225. The SMILES string of the molecule is CC1(C2CCCC2)Cc2cc(OCC(=O)[O-])c(Cl)c(Cl)c2C1=NO.[Na+]. The molecular weight excluding hydrogens is 376 g/mol. The van der Waals surface area contributed by atoms with Gasteiger partial charge in [0, 0.05) is 11.0 Å². The second-order valence-electron chi connectivity index (χ2n) is 6.72. The summed E-state index contributed by atoms with van der Waals surface area (Å²) in [5.74, 6) is -0.716. The van der Waals surface area contributed by atoms with Gasteiger partial charge in [-0.3, -0.25) is 0 Å². The maximum Gasteiger partial charge on any atom is 1.00 e. The predicted molar refractivity (Wildman–Crippen MR) is 89.1 cm³/mol. The molecule has 5 nitrogen and oxygen atoms in total. The number of hydrogen-bond donors (Lipinski definition) is 1. The molecule has 0 amide bonds. The molecule has 8 heteroatoms. The Morgan fingerprint density at radius 3 is 2.60 bits per heavy atom. The van der Waals surface area contributed by atoms with Crippen LogP contribution in [0, 0.1) is 11.3 Å². The first kappa shape index (κ1) is 20.8. The number of aliphatic carboxylic acids is 1. The minimum Gasteiger partial charge on any atom is -0.546 e. The Morgan fingerprint density at radius 1 is 1.40 bits per heavy atom. The Bertz CT molecular complexity index is 719. The number of fused-ring (bicyclic) bond motifs is 1. The van der Waals surface area contributed by atoms with E-state index in [4.69, 9.17) is 27.9 Å². The third-order valence-electron chi connectivity index (χ3n) is 5.29. The van der Waals surface area contributed by atoms with E-state index >= 15 is 0 Å². The van der Waals surface area contributed by atoms with Gasteiger partial charge in [0.05, 0.1) is 16.7 Å². The third kappa shape index (κ3) is 3.67. The van der Waals surface area contributed by atoms with Gasteiger partial charge in [-0.25, -0.2) is 0 Å². The van der Waals surface area contributed by atoms with Crippen molar-refractivity contribution >= 4 is 34.9 Å². The van der Waals surface area contributed by atoms with E-state index < -0.39 is 12.6 Å². The molecule has 130 valence electrons. The third-order valence-corrected chi connectivity index (χ3v) is 6.14. The molecule has 1 aromatic carbocycles. The van der Waals surface area contributed by atoms with Crippen molar-refractivity contribution in [2.45, 2.75) is 39.0 Å². The van der Waals surface area contributed by atoms with E-state index in [-0.39, 0.29) is 50.8 Å². The van der Waals surface area contributed by atoms with Gasteiger partial charge in [0.15, 0.2) is 0 Å². The average molecular weight is 394 g/mol. The number of oxime groups is 1. The van der Waals surface area contributed by atoms with Crippen molar-refractivity contribution < 1.29 is 49.4 Å². The molecule has 0 aliphatic heterocycles. The summed E-state index contributed by atoms with van der Waals surface area (Å²) in [5, 5.41) is 24.2. The summed E-state index contributed by atoms with van der Waals surface area (Å²) >= 11 is 12.6. The summed E-state index contributed by atoms with van der Waals surface area (Å²) < 4.78 is 5.19. The van der Waals surface area contributed by atoms with Crippen LogP contribution in [-0.2, 0) is 11.2 Å². The average Bonchev–Trinajstić information content (AvgIpc) is 3.15. The van der Waals surface area contributed by atoms with Crippen molar-refractivity contribution in [3.05, 3.63) is 27.2 Å². The van der Waals surface area contributed by atoms with Crippen LogP contribution in [0.5, 0.6) is 5.75 Å². The molecule has 3 rings (SSSR count). The molecule has 2 aliphatic carbocycles. The quantitative estimate of drug-likeness (QED) is 0.445. The molecule has 25 heavy (non-hydrogen) atoms. The molecule has 0 saturated heterocycles. The summed E-state index contributed by atoms with van der Waals surface area (Å²) in [6.45, 7) is 1.49. The zero-order valence-electron chi connectivity index (χ0n) is 14.3. The van der Waals surface area contributed by atoms with Crippen LogP contribution in [0.2, 0.25) is 10.0 Å². The van der Waals surface area contributed by atoms with Crippen LogP contribution in [0.15, 0.2) is 11.2 Å². The number of benzene rings is 1. The van der Waals surface area contributed by atoms with Crippen LogP contribution < -0.4 is 39.4 Å². The van der Waals surface area contributed by atoms with Crippen LogP contribution in [0.4, 0.5) is 0 Å². The number of ether oxygens (including phenoxy) is 1. The van der Waals surface area contributed by atoms with Crippen molar-refractivity contribution in [1.29, 1.82) is 0 Å². The van der Waals surface area contributed by atoms with E-state index in [1.807, 2.05) is 0 Å². The number of carbonyl (C=O) groups excluding carboxylic acids is 1. The Kier molecular flexibility index (Phi) is 6.71. The molecule has 1 saturated carbocycles. The van der Waals surface area contributed by atoms with Crippen LogP contribution in [0.3, 0.4) is 0 Å². The topological polar surface area (TPSA) is 82.0 Å². The molecular formula is C17H18Cl2NNaO4. The number of carboxylic acids is 1. The predicted octanol–water partition coefficient (Wildman–Crippen LogP) is 0.0570. The minimum absolute atomic E-state index is 0. The largest absolute Gasteiger partial charge is 1.00 e. The van der Waals surface area contributed by atoms with Crippen molar-refractivity contribution in [3.8, 4) is 5.75 Å². The number of rotatable bonds is 4. The van der Waals surface area contributed by atoms with Crippen LogP contribution in [-0.4, -0.2) is 23.5 Å². The van der Waals surface area contributed by atoms with Gasteiger partial charge in [-0.15, -0.1) is 0 Å². The van der Waals surface area contributed by atoms with Crippen molar-refractivity contribution in [1.82, 2.24) is 0 Å². The summed E-state index contributed by atoms with van der Waals surface area (Å²) in [4.78, 5) is 10.6. The van der Waals surface area contributed by atoms with Gasteiger partial charge in [0.1, 0.15) is 17.4 Å². The molecule has 1 unspecified atom stereocenters. The van der Waals surface area contributed by atoms with E-state index in [0.717, 1.165) is 18.4 Å². The summed E-state index contributed by atoms with van der Waals surface area (Å²) in [6.07, 6.45) is 5.17. The maximum absolute atomic E-state index is 10.6. The molecule has 1 atom stereocenters. The fourth-order valence-corrected chi connectivity index (χ4v) is 4.63. The van der Waals surface area contributed by atoms with Crippen LogP contribution >= 0.6 is 23.2 Å². The second-order valence-corrected chi connectivity index (χ2v) is 7.48. The number of nitrogens with zero attached hydrogens (tertiary/aromatic N) is 1. The van der Waals surface area contributed by atoms with E-state index in [0.29, 0.717) is 23.6 Å². The Labute approximate surface area is 178 Å². The molecule has 1 N–H and O–H groups in total. The molecule has 2 aliphatic rings. The smallest absolute Gasteiger partial charge is 0.546 e. The summed E-state index contributed by atoms with van der Waals surface area (Å²) in [7, 11) is 0. The van der Waals surface area contributed by atoms with E-state index in [1.54, 1.807) is 6.07 Å². The molecule has 0 spiro atoms. The molecule has 0 aromatic heterocycles. The first-order chi connectivity index (χ1) is 11.4. The zero-order chi connectivity index (χ0) is 17.5. The van der Waals surface area contributed by atoms with Crippen molar-refractivity contribution in [2.24, 2.45) is 16.5 Å². The molecule has 0 radical (unpaired) electrons. The van der Waals surface area contributed by atoms with E-state index in [1.165, 1.54) is 12.8 Å². The normalized spacial score (nSPS) is 24.2. The van der Waals surface area contributed by atoms with Crippen LogP contribution in [0.25, 0.3) is 0 Å². The van der Waals surface area contributed by atoms with Gasteiger partial charge in [-0.1, -0.05) is 48.1 Å². The molecule has 1 aromatic rings. The first-order valence-electron chi connectivity index (χ1n) is 7.95. The van der Waals surface area contributed by atoms with Gasteiger partial charge >= 0.3 is 29.6 Å². The van der Waals surface area contributed by atoms with Crippen molar-refractivity contribution in [3.63, 3.8) is 0 Å². The number of carbonyl (C=O) groups is 1. The number of carboxylic acid groups (broad SMARTS) is 1. The van der Waals surface area contributed by atoms with Gasteiger partial charge in [0.25, 0.3) is 0 Å². The maximum atomic E-state index is 10.6. The zero-order valence-corrected chi connectivity index (χ0v) is 17.8.